The summed E-state index contributed by atoms with van der Waals surface area (Å²) in [5.74, 6) is 0.914. The Labute approximate surface area is 74.3 Å². The Hall–Kier alpha value is -0.790. The molecule has 0 unspecified atom stereocenters. The van der Waals surface area contributed by atoms with Crippen LogP contribution in [0, 0.1) is 5.92 Å². The highest BCUT2D eigenvalue weighted by atomic mass is 16.6. The van der Waals surface area contributed by atoms with Crippen LogP contribution in [0.1, 0.15) is 32.1 Å². The normalized spacial score (nSPS) is 17.8. The van der Waals surface area contributed by atoms with E-state index in [1.54, 1.807) is 7.11 Å². The minimum Gasteiger partial charge on any atom is -0.399 e. The smallest absolute Gasteiger partial charge is 0.106 e. The lowest BCUT2D eigenvalue weighted by Gasteiger charge is -1.89. The van der Waals surface area contributed by atoms with Gasteiger partial charge in [-0.2, -0.15) is 0 Å². The summed E-state index contributed by atoms with van der Waals surface area (Å²) in [5.41, 5.74) is 0. The number of rotatable bonds is 6. The van der Waals surface area contributed by atoms with Gasteiger partial charge in [-0.1, -0.05) is 17.3 Å². The third kappa shape index (κ3) is 4.94. The fourth-order valence-corrected chi connectivity index (χ4v) is 1.03. The van der Waals surface area contributed by atoms with Gasteiger partial charge in [-0.05, 0) is 38.0 Å². The summed E-state index contributed by atoms with van der Waals surface area (Å²) in [7, 11) is 1.57. The van der Waals surface area contributed by atoms with Gasteiger partial charge in [-0.15, -0.1) is 0 Å². The highest BCUT2D eigenvalue weighted by Gasteiger charge is 2.16. The molecular formula is C10H17NO. The van der Waals surface area contributed by atoms with Gasteiger partial charge < -0.3 is 4.84 Å². The molecular weight excluding hydrogens is 150 g/mol. The SMILES string of the molecule is CON=CCCCC=CC1CC1. The molecule has 1 aliphatic rings. The molecule has 0 N–H and O–H groups in total. The number of nitrogens with zero attached hydrogens (tertiary/aromatic N) is 1. The quantitative estimate of drug-likeness (QED) is 0.258. The van der Waals surface area contributed by atoms with E-state index in [-0.39, 0.29) is 0 Å². The first-order valence-corrected chi connectivity index (χ1v) is 4.65. The molecule has 0 aromatic heterocycles. The van der Waals surface area contributed by atoms with Gasteiger partial charge in [0.2, 0.25) is 0 Å². The average Bonchev–Trinajstić information content (AvgIpc) is 2.87. The molecule has 0 radical (unpaired) electrons. The van der Waals surface area contributed by atoms with Gasteiger partial charge in [0.1, 0.15) is 7.11 Å². The fraction of sp³-hybridized carbons (Fsp3) is 0.700. The minimum absolute atomic E-state index is 0.914. The third-order valence-electron chi connectivity index (χ3n) is 1.91. The molecule has 0 spiro atoms. The van der Waals surface area contributed by atoms with E-state index in [2.05, 4.69) is 22.1 Å². The molecule has 0 amide bonds. The first-order chi connectivity index (χ1) is 5.93. The molecule has 0 saturated heterocycles. The number of hydrogen-bond donors (Lipinski definition) is 0. The number of allylic oxidation sites excluding steroid dienone is 2. The molecule has 0 aromatic rings. The van der Waals surface area contributed by atoms with Crippen molar-refractivity contribution < 1.29 is 4.84 Å². The molecule has 0 aromatic carbocycles. The maximum absolute atomic E-state index is 4.55. The lowest BCUT2D eigenvalue weighted by molar-refractivity contribution is 0.214. The number of unbranched alkanes of at least 4 members (excludes halogenated alkanes) is 2. The molecule has 2 nitrogen and oxygen atoms in total. The maximum atomic E-state index is 4.55. The van der Waals surface area contributed by atoms with Gasteiger partial charge in [0, 0.05) is 6.21 Å². The topological polar surface area (TPSA) is 21.6 Å². The van der Waals surface area contributed by atoms with Gasteiger partial charge in [0.25, 0.3) is 0 Å². The summed E-state index contributed by atoms with van der Waals surface area (Å²) in [6, 6.07) is 0. The minimum atomic E-state index is 0.914. The van der Waals surface area contributed by atoms with Crippen molar-refractivity contribution >= 4 is 6.21 Å². The third-order valence-corrected chi connectivity index (χ3v) is 1.91. The van der Waals surface area contributed by atoms with Crippen molar-refractivity contribution in [3.63, 3.8) is 0 Å². The zero-order valence-corrected chi connectivity index (χ0v) is 7.70. The molecule has 0 aliphatic heterocycles. The molecule has 1 fully saturated rings. The molecule has 0 bridgehead atoms. The Kier molecular flexibility index (Phi) is 4.50. The highest BCUT2D eigenvalue weighted by molar-refractivity contribution is 5.56. The predicted octanol–water partition coefficient (Wildman–Crippen LogP) is 2.76. The Morgan fingerprint density at radius 2 is 2.25 bits per heavy atom. The summed E-state index contributed by atoms with van der Waals surface area (Å²) in [5, 5.41) is 3.67. The standard InChI is InChI=1S/C10H17NO/c1-12-11-9-5-3-2-4-6-10-7-8-10/h4,6,9-10H,2-3,5,7-8H2,1H3. The summed E-state index contributed by atoms with van der Waals surface area (Å²) >= 11 is 0. The second kappa shape index (κ2) is 5.81. The van der Waals surface area contributed by atoms with Crippen LogP contribution in [0.25, 0.3) is 0 Å². The Morgan fingerprint density at radius 3 is 2.92 bits per heavy atom. The van der Waals surface area contributed by atoms with Crippen LogP contribution in [-0.4, -0.2) is 13.3 Å². The first kappa shape index (κ1) is 9.30. The molecule has 68 valence electrons. The van der Waals surface area contributed by atoms with E-state index >= 15 is 0 Å². The summed E-state index contributed by atoms with van der Waals surface area (Å²) in [6.45, 7) is 0. The molecule has 2 heteroatoms. The van der Waals surface area contributed by atoms with Crippen LogP contribution >= 0.6 is 0 Å². The first-order valence-electron chi connectivity index (χ1n) is 4.65. The zero-order valence-electron chi connectivity index (χ0n) is 7.70. The molecule has 0 heterocycles. The van der Waals surface area contributed by atoms with Crippen LogP contribution < -0.4 is 0 Å². The Morgan fingerprint density at radius 1 is 1.42 bits per heavy atom. The van der Waals surface area contributed by atoms with Gasteiger partial charge in [-0.3, -0.25) is 0 Å². The van der Waals surface area contributed by atoms with Crippen LogP contribution in [0.4, 0.5) is 0 Å². The van der Waals surface area contributed by atoms with Crippen molar-refractivity contribution in [2.45, 2.75) is 32.1 Å². The largest absolute Gasteiger partial charge is 0.399 e. The summed E-state index contributed by atoms with van der Waals surface area (Å²) in [6.07, 6.45) is 12.6. The second-order valence-electron chi connectivity index (χ2n) is 3.17. The maximum Gasteiger partial charge on any atom is 0.106 e. The molecule has 1 saturated carbocycles. The van der Waals surface area contributed by atoms with Crippen molar-refractivity contribution in [2.75, 3.05) is 7.11 Å². The Balaban J connectivity index is 1.84. The van der Waals surface area contributed by atoms with Crippen LogP contribution in [-0.2, 0) is 4.84 Å². The van der Waals surface area contributed by atoms with Crippen LogP contribution in [0.15, 0.2) is 17.3 Å². The Bertz CT molecular complexity index is 159. The van der Waals surface area contributed by atoms with Crippen molar-refractivity contribution in [3.05, 3.63) is 12.2 Å². The van der Waals surface area contributed by atoms with Crippen molar-refractivity contribution in [3.8, 4) is 0 Å². The van der Waals surface area contributed by atoms with E-state index in [1.165, 1.54) is 25.7 Å². The number of hydrogen-bond acceptors (Lipinski definition) is 2. The highest BCUT2D eigenvalue weighted by Crippen LogP contribution is 2.30. The van der Waals surface area contributed by atoms with Crippen molar-refractivity contribution in [2.24, 2.45) is 11.1 Å². The van der Waals surface area contributed by atoms with E-state index in [9.17, 15) is 0 Å². The molecule has 1 aliphatic carbocycles. The molecule has 12 heavy (non-hydrogen) atoms. The average molecular weight is 167 g/mol. The lowest BCUT2D eigenvalue weighted by atomic mass is 10.2. The van der Waals surface area contributed by atoms with Gasteiger partial charge in [-0.25, -0.2) is 0 Å². The van der Waals surface area contributed by atoms with Crippen LogP contribution in [0.2, 0.25) is 0 Å². The summed E-state index contributed by atoms with van der Waals surface area (Å²) < 4.78 is 0. The fourth-order valence-electron chi connectivity index (χ4n) is 1.03. The zero-order chi connectivity index (χ0) is 8.65. The van der Waals surface area contributed by atoms with Crippen molar-refractivity contribution in [1.82, 2.24) is 0 Å². The van der Waals surface area contributed by atoms with Crippen LogP contribution in [0.3, 0.4) is 0 Å². The molecule has 1 rings (SSSR count). The van der Waals surface area contributed by atoms with Crippen LogP contribution in [0.5, 0.6) is 0 Å². The number of oxime groups is 1. The van der Waals surface area contributed by atoms with Gasteiger partial charge >= 0.3 is 0 Å². The van der Waals surface area contributed by atoms with Crippen molar-refractivity contribution in [1.29, 1.82) is 0 Å². The van der Waals surface area contributed by atoms with E-state index in [1.807, 2.05) is 6.21 Å². The summed E-state index contributed by atoms with van der Waals surface area (Å²) in [4.78, 5) is 4.55. The van der Waals surface area contributed by atoms with E-state index < -0.39 is 0 Å². The predicted molar refractivity (Wildman–Crippen MR) is 51.2 cm³/mol. The monoisotopic (exact) mass is 167 g/mol. The lowest BCUT2D eigenvalue weighted by Crippen LogP contribution is -1.77. The van der Waals surface area contributed by atoms with Gasteiger partial charge in [0.05, 0.1) is 0 Å². The second-order valence-corrected chi connectivity index (χ2v) is 3.17. The van der Waals surface area contributed by atoms with Gasteiger partial charge in [0.15, 0.2) is 0 Å². The molecule has 0 atom stereocenters. The van der Waals surface area contributed by atoms with E-state index in [4.69, 9.17) is 0 Å². The van der Waals surface area contributed by atoms with E-state index in [0.29, 0.717) is 0 Å². The van der Waals surface area contributed by atoms with E-state index in [0.717, 1.165) is 12.3 Å².